The fourth-order valence-corrected chi connectivity index (χ4v) is 3.93. The van der Waals surface area contributed by atoms with Crippen molar-refractivity contribution in [2.75, 3.05) is 72.6 Å². The quantitative estimate of drug-likeness (QED) is 0.498. The molecule has 2 aliphatic rings. The van der Waals surface area contributed by atoms with Crippen LogP contribution in [0, 0.1) is 11.8 Å². The molecule has 8 nitrogen and oxygen atoms in total. The van der Waals surface area contributed by atoms with Gasteiger partial charge in [-0.25, -0.2) is 4.79 Å². The van der Waals surface area contributed by atoms with Crippen molar-refractivity contribution in [2.24, 2.45) is 16.8 Å². The summed E-state index contributed by atoms with van der Waals surface area (Å²) in [7, 11) is 1.79. The van der Waals surface area contributed by atoms with E-state index < -0.39 is 5.60 Å². The zero-order chi connectivity index (χ0) is 22.1. The molecular formula is C22H43N5O3. The lowest BCUT2D eigenvalue weighted by molar-refractivity contribution is 0.0278. The maximum atomic E-state index is 12.2. The molecule has 0 radical (unpaired) electrons. The number of nitrogens with one attached hydrogen (secondary N) is 1. The number of likely N-dealkylation sites (tertiary alicyclic amines) is 1. The van der Waals surface area contributed by atoms with E-state index in [1.807, 2.05) is 20.8 Å². The number of nitrogens with zero attached hydrogens (tertiary/aromatic N) is 4. The van der Waals surface area contributed by atoms with Crippen molar-refractivity contribution in [3.63, 3.8) is 0 Å². The van der Waals surface area contributed by atoms with Crippen molar-refractivity contribution in [3.8, 4) is 0 Å². The normalized spacial score (nSPS) is 22.1. The minimum atomic E-state index is -0.474. The van der Waals surface area contributed by atoms with Gasteiger partial charge in [0.15, 0.2) is 5.96 Å². The summed E-state index contributed by atoms with van der Waals surface area (Å²) in [6.07, 6.45) is 0.925. The van der Waals surface area contributed by atoms with Gasteiger partial charge in [0.2, 0.25) is 0 Å². The number of amides is 1. The molecule has 174 valence electrons. The van der Waals surface area contributed by atoms with Gasteiger partial charge in [-0.3, -0.25) is 9.89 Å². The van der Waals surface area contributed by atoms with Crippen molar-refractivity contribution < 1.29 is 14.3 Å². The zero-order valence-corrected chi connectivity index (χ0v) is 19.9. The van der Waals surface area contributed by atoms with Gasteiger partial charge in [0.1, 0.15) is 5.60 Å². The molecule has 30 heavy (non-hydrogen) atoms. The summed E-state index contributed by atoms with van der Waals surface area (Å²) < 4.78 is 10.9. The number of rotatable bonds is 7. The van der Waals surface area contributed by atoms with Gasteiger partial charge in [0.25, 0.3) is 0 Å². The first-order valence-electron chi connectivity index (χ1n) is 11.5. The van der Waals surface area contributed by atoms with Gasteiger partial charge in [-0.15, -0.1) is 0 Å². The molecule has 2 saturated heterocycles. The van der Waals surface area contributed by atoms with E-state index in [0.29, 0.717) is 19.0 Å². The molecule has 0 bridgehead atoms. The van der Waals surface area contributed by atoms with E-state index >= 15 is 0 Å². The Morgan fingerprint density at radius 3 is 2.63 bits per heavy atom. The first-order chi connectivity index (χ1) is 14.2. The van der Waals surface area contributed by atoms with Crippen LogP contribution in [0.25, 0.3) is 0 Å². The predicted molar refractivity (Wildman–Crippen MR) is 121 cm³/mol. The Balaban J connectivity index is 1.82. The molecule has 2 rings (SSSR count). The van der Waals surface area contributed by atoms with Crippen LogP contribution in [0.15, 0.2) is 4.99 Å². The van der Waals surface area contributed by atoms with Crippen LogP contribution in [0.3, 0.4) is 0 Å². The molecule has 0 aromatic heterocycles. The molecule has 2 fully saturated rings. The Morgan fingerprint density at radius 1 is 1.30 bits per heavy atom. The second kappa shape index (κ2) is 11.7. The van der Waals surface area contributed by atoms with Gasteiger partial charge in [-0.05, 0) is 46.0 Å². The molecule has 1 N–H and O–H groups in total. The lowest BCUT2D eigenvalue weighted by Gasteiger charge is -2.29. The van der Waals surface area contributed by atoms with Gasteiger partial charge in [-0.1, -0.05) is 6.92 Å². The van der Waals surface area contributed by atoms with E-state index in [0.717, 1.165) is 58.4 Å². The number of morpholine rings is 1. The van der Waals surface area contributed by atoms with Crippen LogP contribution >= 0.6 is 0 Å². The van der Waals surface area contributed by atoms with E-state index in [-0.39, 0.29) is 12.0 Å². The highest BCUT2D eigenvalue weighted by Gasteiger charge is 2.27. The predicted octanol–water partition coefficient (Wildman–Crippen LogP) is 2.11. The Kier molecular flexibility index (Phi) is 9.68. The highest BCUT2D eigenvalue weighted by molar-refractivity contribution is 5.80. The zero-order valence-electron chi connectivity index (χ0n) is 19.9. The summed E-state index contributed by atoms with van der Waals surface area (Å²) in [4.78, 5) is 23.6. The Morgan fingerprint density at radius 2 is 2.00 bits per heavy atom. The van der Waals surface area contributed by atoms with Crippen molar-refractivity contribution in [2.45, 2.75) is 46.6 Å². The van der Waals surface area contributed by atoms with Crippen LogP contribution < -0.4 is 5.32 Å². The molecule has 8 heteroatoms. The summed E-state index contributed by atoms with van der Waals surface area (Å²) in [5.74, 6) is 1.93. The molecule has 0 aromatic rings. The smallest absolute Gasteiger partial charge is 0.410 e. The van der Waals surface area contributed by atoms with E-state index in [9.17, 15) is 4.79 Å². The number of guanidine groups is 1. The van der Waals surface area contributed by atoms with Crippen LogP contribution in [-0.4, -0.2) is 105 Å². The van der Waals surface area contributed by atoms with Crippen molar-refractivity contribution in [3.05, 3.63) is 0 Å². The van der Waals surface area contributed by atoms with Crippen molar-refractivity contribution >= 4 is 12.1 Å². The molecule has 0 aliphatic carbocycles. The standard InChI is InChI=1S/C22H43N5O3/c1-7-23-20(24-14-18(2)15-25(6)21(28)30-22(3,4)5)27-9-8-19(17-27)16-26-10-12-29-13-11-26/h18-19H,7-17H2,1-6H3,(H,23,24). The number of ether oxygens (including phenoxy) is 2. The third-order valence-electron chi connectivity index (χ3n) is 5.38. The fourth-order valence-electron chi connectivity index (χ4n) is 3.93. The molecule has 2 atom stereocenters. The van der Waals surface area contributed by atoms with Crippen LogP contribution in [-0.2, 0) is 9.47 Å². The maximum absolute atomic E-state index is 12.2. The first-order valence-corrected chi connectivity index (χ1v) is 11.5. The molecular weight excluding hydrogens is 382 g/mol. The average molecular weight is 426 g/mol. The summed E-state index contributed by atoms with van der Waals surface area (Å²) >= 11 is 0. The van der Waals surface area contributed by atoms with E-state index in [2.05, 4.69) is 29.0 Å². The van der Waals surface area contributed by atoms with Gasteiger partial charge in [0.05, 0.1) is 13.2 Å². The van der Waals surface area contributed by atoms with E-state index in [4.69, 9.17) is 14.5 Å². The molecule has 1 amide bonds. The summed E-state index contributed by atoms with van der Waals surface area (Å²) in [5, 5.41) is 3.45. The molecule has 2 unspecified atom stereocenters. The number of hydrogen-bond acceptors (Lipinski definition) is 5. The van der Waals surface area contributed by atoms with Gasteiger partial charge < -0.3 is 24.6 Å². The van der Waals surface area contributed by atoms with Crippen LogP contribution in [0.5, 0.6) is 0 Å². The molecule has 0 spiro atoms. The van der Waals surface area contributed by atoms with Crippen LogP contribution in [0.2, 0.25) is 0 Å². The molecule has 2 heterocycles. The summed E-state index contributed by atoms with van der Waals surface area (Å²) in [6, 6.07) is 0. The second-order valence-electron chi connectivity index (χ2n) is 9.67. The second-order valence-corrected chi connectivity index (χ2v) is 9.67. The molecule has 0 saturated carbocycles. The van der Waals surface area contributed by atoms with Crippen LogP contribution in [0.4, 0.5) is 4.79 Å². The molecule has 0 aromatic carbocycles. The summed E-state index contributed by atoms with van der Waals surface area (Å²) in [6.45, 7) is 19.1. The van der Waals surface area contributed by atoms with Crippen molar-refractivity contribution in [1.82, 2.24) is 20.0 Å². The largest absolute Gasteiger partial charge is 0.444 e. The minimum Gasteiger partial charge on any atom is -0.444 e. The Hall–Kier alpha value is -1.54. The fraction of sp³-hybridized carbons (Fsp3) is 0.909. The Labute approximate surface area is 183 Å². The van der Waals surface area contributed by atoms with Gasteiger partial charge in [0, 0.05) is 59.4 Å². The lowest BCUT2D eigenvalue weighted by atomic mass is 10.1. The van der Waals surface area contributed by atoms with E-state index in [1.165, 1.54) is 6.42 Å². The average Bonchev–Trinajstić information content (AvgIpc) is 3.12. The van der Waals surface area contributed by atoms with Crippen LogP contribution in [0.1, 0.15) is 41.0 Å². The summed E-state index contributed by atoms with van der Waals surface area (Å²) in [5.41, 5.74) is -0.474. The number of carbonyl (C=O) groups is 1. The molecule has 2 aliphatic heterocycles. The van der Waals surface area contributed by atoms with Gasteiger partial charge >= 0.3 is 6.09 Å². The van der Waals surface area contributed by atoms with Crippen molar-refractivity contribution in [1.29, 1.82) is 0 Å². The first kappa shape index (κ1) is 24.7. The SMILES string of the molecule is CCNC(=NCC(C)CN(C)C(=O)OC(C)(C)C)N1CCC(CN2CCOCC2)C1. The highest BCUT2D eigenvalue weighted by Crippen LogP contribution is 2.18. The number of hydrogen-bond donors (Lipinski definition) is 1. The third kappa shape index (κ3) is 8.68. The minimum absolute atomic E-state index is 0.253. The topological polar surface area (TPSA) is 69.6 Å². The number of aliphatic imine (C=N–C) groups is 1. The number of carbonyl (C=O) groups excluding carboxylic acids is 1. The third-order valence-corrected chi connectivity index (χ3v) is 5.38. The lowest BCUT2D eigenvalue weighted by Crippen LogP contribution is -2.42. The maximum Gasteiger partial charge on any atom is 0.410 e. The van der Waals surface area contributed by atoms with E-state index in [1.54, 1.807) is 11.9 Å². The monoisotopic (exact) mass is 425 g/mol. The van der Waals surface area contributed by atoms with Gasteiger partial charge in [-0.2, -0.15) is 0 Å². The highest BCUT2D eigenvalue weighted by atomic mass is 16.6. The Bertz CT molecular complexity index is 557.